The summed E-state index contributed by atoms with van der Waals surface area (Å²) >= 11 is 0. The zero-order chi connectivity index (χ0) is 28.7. The first kappa shape index (κ1) is 28.3. The van der Waals surface area contributed by atoms with Gasteiger partial charge in [0.2, 0.25) is 0 Å². The van der Waals surface area contributed by atoms with Gasteiger partial charge in [-0.2, -0.15) is 5.06 Å². The van der Waals surface area contributed by atoms with Crippen LogP contribution >= 0.6 is 0 Å². The van der Waals surface area contributed by atoms with Gasteiger partial charge in [0.15, 0.2) is 0 Å². The standard InChI is InChI=1S/C32H43FN6O2/c1-21-17-32(18-22(32)2)12-10-28(21)36-31(37-14-15-39(41)23(3)19-37)35-26-8-9-27-29(16-26)34-20-38(30(27)40)13-11-24-4-6-25(33)7-5-24/h4-9,16,20-23,28,31,35-36,41H,10-15,17-19H2,1-3H3/t21-,22+,23-,28?,31?,32?/m0/s1. The Labute approximate surface area is 241 Å². The van der Waals surface area contributed by atoms with E-state index in [0.717, 1.165) is 30.3 Å². The summed E-state index contributed by atoms with van der Waals surface area (Å²) in [4.78, 5) is 20.2. The number of aromatic nitrogens is 2. The number of fused-ring (bicyclic) bond motifs is 1. The predicted molar refractivity (Wildman–Crippen MR) is 159 cm³/mol. The Bertz CT molecular complexity index is 1430. The fourth-order valence-corrected chi connectivity index (χ4v) is 7.16. The lowest BCUT2D eigenvalue weighted by Crippen LogP contribution is -2.62. The molecule has 2 aliphatic carbocycles. The third-order valence-electron chi connectivity index (χ3n) is 10.0. The Balaban J connectivity index is 1.18. The van der Waals surface area contributed by atoms with Crippen LogP contribution in [-0.4, -0.2) is 62.7 Å². The van der Waals surface area contributed by atoms with E-state index in [2.05, 4.69) is 34.4 Å². The molecule has 3 aliphatic rings. The van der Waals surface area contributed by atoms with Crippen molar-refractivity contribution >= 4 is 16.6 Å². The Morgan fingerprint density at radius 3 is 2.61 bits per heavy atom. The number of hydroxylamine groups is 2. The zero-order valence-corrected chi connectivity index (χ0v) is 24.4. The van der Waals surface area contributed by atoms with Gasteiger partial charge < -0.3 is 10.5 Å². The molecule has 2 heterocycles. The smallest absolute Gasteiger partial charge is 0.261 e. The zero-order valence-electron chi connectivity index (χ0n) is 24.4. The SMILES string of the molecule is C[C@@H]1CC12CCC(NC(Nc1ccc3c(=O)n(CCc4ccc(F)cc4)cnc3c1)N1CCN(O)[C@@H](C)C1)[C@@H](C)C2. The maximum atomic E-state index is 13.2. The molecule has 6 atom stereocenters. The van der Waals surface area contributed by atoms with Crippen LogP contribution in [0.25, 0.3) is 10.9 Å². The molecule has 8 nitrogen and oxygen atoms in total. The maximum Gasteiger partial charge on any atom is 0.261 e. The maximum absolute atomic E-state index is 13.2. The largest absolute Gasteiger partial charge is 0.357 e. The molecule has 6 rings (SSSR count). The fraction of sp³-hybridized carbons (Fsp3) is 0.562. The number of anilines is 1. The molecule has 220 valence electrons. The van der Waals surface area contributed by atoms with Crippen molar-refractivity contribution in [3.8, 4) is 0 Å². The van der Waals surface area contributed by atoms with Gasteiger partial charge in [0.05, 0.1) is 17.2 Å². The van der Waals surface area contributed by atoms with Gasteiger partial charge in [0.25, 0.3) is 5.56 Å². The highest BCUT2D eigenvalue weighted by Crippen LogP contribution is 2.62. The van der Waals surface area contributed by atoms with Crippen LogP contribution in [0.5, 0.6) is 0 Å². The van der Waals surface area contributed by atoms with Gasteiger partial charge in [0, 0.05) is 44.0 Å². The number of benzene rings is 2. The molecule has 1 saturated heterocycles. The van der Waals surface area contributed by atoms with E-state index in [4.69, 9.17) is 0 Å². The van der Waals surface area contributed by atoms with Crippen LogP contribution in [0.3, 0.4) is 0 Å². The van der Waals surface area contributed by atoms with Gasteiger partial charge in [-0.3, -0.25) is 19.6 Å². The average molecular weight is 563 g/mol. The lowest BCUT2D eigenvalue weighted by molar-refractivity contribution is -0.155. The summed E-state index contributed by atoms with van der Waals surface area (Å²) in [7, 11) is 0. The molecule has 0 amide bonds. The van der Waals surface area contributed by atoms with Crippen molar-refractivity contribution in [3.05, 3.63) is 70.5 Å². The number of aryl methyl sites for hydroxylation is 2. The molecule has 2 saturated carbocycles. The van der Waals surface area contributed by atoms with E-state index in [-0.39, 0.29) is 23.7 Å². The van der Waals surface area contributed by atoms with E-state index >= 15 is 0 Å². The topological polar surface area (TPSA) is 85.7 Å². The molecule has 1 aromatic heterocycles. The number of rotatable bonds is 8. The second-order valence-corrected chi connectivity index (χ2v) is 12.9. The van der Waals surface area contributed by atoms with Crippen molar-refractivity contribution in [1.82, 2.24) is 24.8 Å². The second kappa shape index (κ2) is 11.4. The third-order valence-corrected chi connectivity index (χ3v) is 10.0. The number of hydrogen-bond donors (Lipinski definition) is 3. The molecule has 3 aromatic rings. The number of halogens is 1. The van der Waals surface area contributed by atoms with Crippen LogP contribution in [-0.2, 0) is 13.0 Å². The quantitative estimate of drug-likeness (QED) is 0.344. The highest BCUT2D eigenvalue weighted by molar-refractivity contribution is 5.81. The first-order chi connectivity index (χ1) is 19.7. The monoisotopic (exact) mass is 562 g/mol. The van der Waals surface area contributed by atoms with Crippen molar-refractivity contribution in [2.45, 2.75) is 77.8 Å². The molecule has 1 aliphatic heterocycles. The molecular weight excluding hydrogens is 519 g/mol. The Kier molecular flexibility index (Phi) is 7.89. The van der Waals surface area contributed by atoms with Crippen molar-refractivity contribution in [1.29, 1.82) is 0 Å². The Morgan fingerprint density at radius 2 is 1.90 bits per heavy atom. The Morgan fingerprint density at radius 1 is 1.12 bits per heavy atom. The summed E-state index contributed by atoms with van der Waals surface area (Å²) in [6, 6.07) is 12.6. The number of nitrogens with zero attached hydrogens (tertiary/aromatic N) is 4. The van der Waals surface area contributed by atoms with Crippen molar-refractivity contribution < 1.29 is 9.60 Å². The normalized spacial score (nSPS) is 29.6. The molecule has 3 fully saturated rings. The molecule has 3 unspecified atom stereocenters. The predicted octanol–water partition coefficient (Wildman–Crippen LogP) is 4.67. The molecule has 1 spiro atoms. The summed E-state index contributed by atoms with van der Waals surface area (Å²) in [5.74, 6) is 1.19. The molecule has 0 bridgehead atoms. The van der Waals surface area contributed by atoms with Crippen LogP contribution in [0, 0.1) is 23.1 Å². The fourth-order valence-electron chi connectivity index (χ4n) is 7.16. The highest BCUT2D eigenvalue weighted by atomic mass is 19.1. The van der Waals surface area contributed by atoms with E-state index < -0.39 is 0 Å². The van der Waals surface area contributed by atoms with E-state index in [1.165, 1.54) is 42.9 Å². The van der Waals surface area contributed by atoms with Gasteiger partial charge in [0.1, 0.15) is 12.1 Å². The second-order valence-electron chi connectivity index (χ2n) is 12.9. The summed E-state index contributed by atoms with van der Waals surface area (Å²) in [5, 5.41) is 19.9. The lowest BCUT2D eigenvalue weighted by Gasteiger charge is -2.44. The van der Waals surface area contributed by atoms with E-state index in [1.807, 2.05) is 25.1 Å². The summed E-state index contributed by atoms with van der Waals surface area (Å²) in [6.07, 6.45) is 7.26. The molecule has 0 radical (unpaired) electrons. The van der Waals surface area contributed by atoms with Gasteiger partial charge >= 0.3 is 0 Å². The number of piperazine rings is 1. The minimum atomic E-state index is -0.264. The minimum absolute atomic E-state index is 0.0425. The summed E-state index contributed by atoms with van der Waals surface area (Å²) < 4.78 is 14.8. The van der Waals surface area contributed by atoms with Crippen molar-refractivity contribution in [3.63, 3.8) is 0 Å². The van der Waals surface area contributed by atoms with E-state index in [9.17, 15) is 14.4 Å². The van der Waals surface area contributed by atoms with Gasteiger partial charge in [-0.1, -0.05) is 26.0 Å². The average Bonchev–Trinajstić information content (AvgIpc) is 3.58. The van der Waals surface area contributed by atoms with Crippen LogP contribution in [0.1, 0.15) is 52.0 Å². The molecule has 2 aromatic carbocycles. The van der Waals surface area contributed by atoms with E-state index in [1.54, 1.807) is 23.0 Å². The van der Waals surface area contributed by atoms with Gasteiger partial charge in [-0.05, 0) is 92.2 Å². The molecule has 41 heavy (non-hydrogen) atoms. The van der Waals surface area contributed by atoms with Crippen LogP contribution in [0.4, 0.5) is 10.1 Å². The highest BCUT2D eigenvalue weighted by Gasteiger charge is 2.54. The Hall–Kier alpha value is -2.85. The van der Waals surface area contributed by atoms with Crippen molar-refractivity contribution in [2.75, 3.05) is 25.0 Å². The molecular formula is C32H43FN6O2. The first-order valence-corrected chi connectivity index (χ1v) is 15.2. The van der Waals surface area contributed by atoms with Crippen LogP contribution in [0.15, 0.2) is 53.6 Å². The third kappa shape index (κ3) is 6.04. The minimum Gasteiger partial charge on any atom is -0.357 e. The number of nitrogens with one attached hydrogen (secondary N) is 2. The van der Waals surface area contributed by atoms with Gasteiger partial charge in [-0.15, -0.1) is 0 Å². The van der Waals surface area contributed by atoms with Crippen LogP contribution < -0.4 is 16.2 Å². The first-order valence-electron chi connectivity index (χ1n) is 15.2. The van der Waals surface area contributed by atoms with E-state index in [0.29, 0.717) is 47.8 Å². The summed E-state index contributed by atoms with van der Waals surface area (Å²) in [6.45, 7) is 9.40. The molecule has 3 N–H and O–H groups in total. The summed E-state index contributed by atoms with van der Waals surface area (Å²) in [5.41, 5.74) is 3.03. The van der Waals surface area contributed by atoms with Crippen LogP contribution in [0.2, 0.25) is 0 Å². The van der Waals surface area contributed by atoms with Gasteiger partial charge in [-0.25, -0.2) is 9.37 Å². The van der Waals surface area contributed by atoms with Crippen molar-refractivity contribution in [2.24, 2.45) is 17.3 Å². The lowest BCUT2D eigenvalue weighted by atomic mass is 9.75. The molecule has 9 heteroatoms. The number of hydrogen-bond acceptors (Lipinski definition) is 7.